The van der Waals surface area contributed by atoms with E-state index in [9.17, 15) is 5.11 Å². The van der Waals surface area contributed by atoms with Crippen LogP contribution in [0.3, 0.4) is 0 Å². The van der Waals surface area contributed by atoms with E-state index >= 15 is 0 Å². The zero-order chi connectivity index (χ0) is 13.3. The van der Waals surface area contributed by atoms with E-state index in [2.05, 4.69) is 34.9 Å². The Morgan fingerprint density at radius 1 is 1.50 bits per heavy atom. The van der Waals surface area contributed by atoms with Crippen LogP contribution < -0.4 is 0 Å². The Bertz CT molecular complexity index is 416. The van der Waals surface area contributed by atoms with Gasteiger partial charge in [0.1, 0.15) is 0 Å². The molecule has 1 N–H and O–H groups in total. The zero-order valence-corrected chi connectivity index (χ0v) is 13.1. The normalized spacial score (nSPS) is 25.6. The van der Waals surface area contributed by atoms with Crippen LogP contribution in [0.2, 0.25) is 0 Å². The van der Waals surface area contributed by atoms with Crippen LogP contribution >= 0.6 is 15.9 Å². The van der Waals surface area contributed by atoms with Crippen molar-refractivity contribution in [3.05, 3.63) is 15.9 Å². The van der Waals surface area contributed by atoms with Crippen LogP contribution in [0.1, 0.15) is 44.5 Å². The van der Waals surface area contributed by atoms with Crippen molar-refractivity contribution in [1.29, 1.82) is 0 Å². The first-order valence-corrected chi connectivity index (χ1v) is 7.72. The number of aromatic nitrogens is 2. The lowest BCUT2D eigenvalue weighted by Gasteiger charge is -2.22. The van der Waals surface area contributed by atoms with Gasteiger partial charge in [0.25, 0.3) is 0 Å². The molecule has 102 valence electrons. The van der Waals surface area contributed by atoms with Gasteiger partial charge < -0.3 is 5.11 Å². The summed E-state index contributed by atoms with van der Waals surface area (Å²) < 4.78 is 2.99. The van der Waals surface area contributed by atoms with Gasteiger partial charge in [0.05, 0.1) is 22.0 Å². The van der Waals surface area contributed by atoms with Crippen molar-refractivity contribution in [2.24, 2.45) is 18.9 Å². The number of rotatable bonds is 4. The zero-order valence-electron chi connectivity index (χ0n) is 11.5. The van der Waals surface area contributed by atoms with E-state index in [1.54, 1.807) is 0 Å². The highest BCUT2D eigenvalue weighted by Gasteiger charge is 2.31. The Morgan fingerprint density at radius 2 is 2.22 bits per heavy atom. The molecule has 1 aliphatic carbocycles. The molecule has 0 aromatic carbocycles. The Hall–Kier alpha value is -0.350. The lowest BCUT2D eigenvalue weighted by Crippen LogP contribution is -2.25. The average molecular weight is 315 g/mol. The summed E-state index contributed by atoms with van der Waals surface area (Å²) in [4.78, 5) is 0. The van der Waals surface area contributed by atoms with Crippen molar-refractivity contribution in [3.8, 4) is 0 Å². The second kappa shape index (κ2) is 5.74. The molecule has 1 aliphatic rings. The van der Waals surface area contributed by atoms with Crippen LogP contribution in [0.4, 0.5) is 0 Å². The van der Waals surface area contributed by atoms with Crippen molar-refractivity contribution in [2.75, 3.05) is 0 Å². The number of nitrogens with zero attached hydrogens (tertiary/aromatic N) is 2. The molecule has 18 heavy (non-hydrogen) atoms. The predicted molar refractivity (Wildman–Crippen MR) is 76.5 cm³/mol. The van der Waals surface area contributed by atoms with Gasteiger partial charge in [-0.1, -0.05) is 26.7 Å². The first-order valence-electron chi connectivity index (χ1n) is 6.92. The summed E-state index contributed by atoms with van der Waals surface area (Å²) in [7, 11) is 1.96. The predicted octanol–water partition coefficient (Wildman–Crippen LogP) is 3.08. The molecule has 3 unspecified atom stereocenters. The van der Waals surface area contributed by atoms with Crippen molar-refractivity contribution in [3.63, 3.8) is 0 Å². The molecule has 0 saturated heterocycles. The summed E-state index contributed by atoms with van der Waals surface area (Å²) in [5.41, 5.74) is 2.21. The maximum Gasteiger partial charge on any atom is 0.0766 e. The maximum absolute atomic E-state index is 10.4. The topological polar surface area (TPSA) is 38.0 Å². The van der Waals surface area contributed by atoms with Crippen molar-refractivity contribution < 1.29 is 5.11 Å². The minimum absolute atomic E-state index is 0.237. The highest BCUT2D eigenvalue weighted by Crippen LogP contribution is 2.35. The summed E-state index contributed by atoms with van der Waals surface area (Å²) in [6.45, 7) is 4.36. The molecule has 0 radical (unpaired) electrons. The number of aryl methyl sites for hydroxylation is 2. The lowest BCUT2D eigenvalue weighted by molar-refractivity contribution is 0.0883. The summed E-state index contributed by atoms with van der Waals surface area (Å²) in [5, 5.41) is 14.9. The van der Waals surface area contributed by atoms with Gasteiger partial charge >= 0.3 is 0 Å². The number of aliphatic hydroxyl groups excluding tert-OH is 1. The van der Waals surface area contributed by atoms with Crippen LogP contribution in [0.25, 0.3) is 0 Å². The SMILES string of the molecule is CCc1nn(C)c(CC(O)C2CCCC2C)c1Br. The number of aliphatic hydroxyl groups is 1. The van der Waals surface area contributed by atoms with Gasteiger partial charge in [0.2, 0.25) is 0 Å². The van der Waals surface area contributed by atoms with Crippen molar-refractivity contribution in [1.82, 2.24) is 9.78 Å². The molecule has 3 nitrogen and oxygen atoms in total. The fraction of sp³-hybridized carbons (Fsp3) is 0.786. The first kappa shape index (κ1) is 14.1. The first-order chi connectivity index (χ1) is 8.54. The highest BCUT2D eigenvalue weighted by molar-refractivity contribution is 9.10. The molecule has 0 spiro atoms. The Labute approximate surface area is 118 Å². The second-order valence-electron chi connectivity index (χ2n) is 5.53. The minimum atomic E-state index is -0.237. The van der Waals surface area contributed by atoms with E-state index in [1.807, 2.05) is 11.7 Å². The number of halogens is 1. The number of hydrogen-bond acceptors (Lipinski definition) is 2. The standard InChI is InChI=1S/C14H23BrN2O/c1-4-11-14(15)12(17(3)16-11)8-13(18)10-7-5-6-9(10)2/h9-10,13,18H,4-8H2,1-3H3. The second-order valence-corrected chi connectivity index (χ2v) is 6.32. The fourth-order valence-electron chi connectivity index (χ4n) is 3.14. The van der Waals surface area contributed by atoms with Gasteiger partial charge in [-0.25, -0.2) is 0 Å². The largest absolute Gasteiger partial charge is 0.392 e. The van der Waals surface area contributed by atoms with Crippen LogP contribution in [0.5, 0.6) is 0 Å². The molecule has 1 fully saturated rings. The van der Waals surface area contributed by atoms with Gasteiger partial charge in [0.15, 0.2) is 0 Å². The molecule has 3 atom stereocenters. The van der Waals surface area contributed by atoms with Crippen LogP contribution in [0.15, 0.2) is 4.47 Å². The molecule has 1 heterocycles. The summed E-state index contributed by atoms with van der Waals surface area (Å²) in [6.07, 6.45) is 5.07. The molecule has 0 aliphatic heterocycles. The van der Waals surface area contributed by atoms with E-state index in [-0.39, 0.29) is 6.10 Å². The molecule has 1 saturated carbocycles. The quantitative estimate of drug-likeness (QED) is 0.927. The Balaban J connectivity index is 2.11. The third-order valence-electron chi connectivity index (χ3n) is 4.33. The van der Waals surface area contributed by atoms with E-state index in [1.165, 1.54) is 19.3 Å². The molecule has 0 bridgehead atoms. The molecular formula is C14H23BrN2O. The molecular weight excluding hydrogens is 292 g/mol. The average Bonchev–Trinajstić information content (AvgIpc) is 2.87. The van der Waals surface area contributed by atoms with Crippen molar-refractivity contribution in [2.45, 2.75) is 52.1 Å². The third-order valence-corrected chi connectivity index (χ3v) is 5.24. The molecule has 4 heteroatoms. The highest BCUT2D eigenvalue weighted by atomic mass is 79.9. The lowest BCUT2D eigenvalue weighted by atomic mass is 9.89. The summed E-state index contributed by atoms with van der Waals surface area (Å²) in [5.74, 6) is 1.11. The maximum atomic E-state index is 10.4. The Kier molecular flexibility index (Phi) is 4.49. The van der Waals surface area contributed by atoms with E-state index in [0.717, 1.165) is 22.3 Å². The van der Waals surface area contributed by atoms with Crippen LogP contribution in [0, 0.1) is 11.8 Å². The fourth-order valence-corrected chi connectivity index (χ4v) is 3.91. The smallest absolute Gasteiger partial charge is 0.0766 e. The van der Waals surface area contributed by atoms with Gasteiger partial charge in [-0.3, -0.25) is 4.68 Å². The van der Waals surface area contributed by atoms with E-state index in [4.69, 9.17) is 0 Å². The Morgan fingerprint density at radius 3 is 2.72 bits per heavy atom. The molecule has 1 aromatic rings. The minimum Gasteiger partial charge on any atom is -0.392 e. The van der Waals surface area contributed by atoms with Crippen LogP contribution in [-0.2, 0) is 19.9 Å². The monoisotopic (exact) mass is 314 g/mol. The summed E-state index contributed by atoms with van der Waals surface area (Å²) in [6, 6.07) is 0. The summed E-state index contributed by atoms with van der Waals surface area (Å²) >= 11 is 3.62. The third kappa shape index (κ3) is 2.64. The van der Waals surface area contributed by atoms with Gasteiger partial charge in [-0.2, -0.15) is 5.10 Å². The van der Waals surface area contributed by atoms with E-state index < -0.39 is 0 Å². The van der Waals surface area contributed by atoms with Gasteiger partial charge in [-0.15, -0.1) is 0 Å². The van der Waals surface area contributed by atoms with Gasteiger partial charge in [0, 0.05) is 13.5 Å². The van der Waals surface area contributed by atoms with Crippen molar-refractivity contribution >= 4 is 15.9 Å². The number of hydrogen-bond donors (Lipinski definition) is 1. The van der Waals surface area contributed by atoms with E-state index in [0.29, 0.717) is 18.3 Å². The molecule has 2 rings (SSSR count). The molecule has 0 amide bonds. The molecule has 1 aromatic heterocycles. The van der Waals surface area contributed by atoms with Crippen LogP contribution in [-0.4, -0.2) is 21.0 Å². The van der Waals surface area contributed by atoms with Gasteiger partial charge in [-0.05, 0) is 40.6 Å².